The van der Waals surface area contributed by atoms with E-state index in [0.717, 1.165) is 10.1 Å². The lowest BCUT2D eigenvalue weighted by atomic mass is 10.1. The van der Waals surface area contributed by atoms with E-state index in [1.165, 1.54) is 17.9 Å². The number of hydrogen-bond acceptors (Lipinski definition) is 7. The van der Waals surface area contributed by atoms with Gasteiger partial charge in [-0.3, -0.25) is 18.7 Å². The number of para-hydroxylation sites is 1. The van der Waals surface area contributed by atoms with Gasteiger partial charge in [-0.2, -0.15) is 4.98 Å². The van der Waals surface area contributed by atoms with Crippen molar-refractivity contribution in [3.05, 3.63) is 56.8 Å². The molecule has 0 unspecified atom stereocenters. The van der Waals surface area contributed by atoms with Gasteiger partial charge in [-0.15, -0.1) is 0 Å². The Morgan fingerprint density at radius 2 is 1.94 bits per heavy atom. The lowest BCUT2D eigenvalue weighted by molar-refractivity contribution is -0.116. The number of hydrogen-bond donors (Lipinski definition) is 1. The predicted octanol–water partition coefficient (Wildman–Crippen LogP) is 2.33. The molecule has 1 N–H and O–H groups in total. The van der Waals surface area contributed by atoms with Crippen molar-refractivity contribution < 1.29 is 9.32 Å². The molecule has 178 valence electrons. The van der Waals surface area contributed by atoms with Gasteiger partial charge in [-0.25, -0.2) is 9.78 Å². The molecule has 0 saturated carbocycles. The van der Waals surface area contributed by atoms with E-state index in [-0.39, 0.29) is 18.2 Å². The van der Waals surface area contributed by atoms with Gasteiger partial charge in [0.25, 0.3) is 11.4 Å². The first-order valence-electron chi connectivity index (χ1n) is 11.0. The summed E-state index contributed by atoms with van der Waals surface area (Å²) >= 11 is 0. The van der Waals surface area contributed by atoms with Gasteiger partial charge in [0.1, 0.15) is 0 Å². The number of aromatic nitrogens is 6. The van der Waals surface area contributed by atoms with Gasteiger partial charge >= 0.3 is 5.69 Å². The van der Waals surface area contributed by atoms with E-state index >= 15 is 0 Å². The van der Waals surface area contributed by atoms with Crippen molar-refractivity contribution in [1.29, 1.82) is 0 Å². The monoisotopic (exact) mass is 465 g/mol. The minimum absolute atomic E-state index is 0.124. The summed E-state index contributed by atoms with van der Waals surface area (Å²) in [4.78, 5) is 46.1. The standard InChI is InChI=1S/C23H27N7O4/c1-13(2)19-26-21(34-27-19)15-9-6-8-14(3)17(15)25-16(31)10-7-11-30-12-24-20-18(30)22(32)29(5)23(33)28(20)4/h6,8-9,12-13H,7,10-11H2,1-5H3,(H,25,31). The molecule has 11 nitrogen and oxygen atoms in total. The molecule has 4 rings (SSSR count). The fourth-order valence-corrected chi connectivity index (χ4v) is 3.77. The highest BCUT2D eigenvalue weighted by atomic mass is 16.5. The van der Waals surface area contributed by atoms with E-state index in [1.807, 2.05) is 39.0 Å². The summed E-state index contributed by atoms with van der Waals surface area (Å²) in [6, 6.07) is 5.60. The van der Waals surface area contributed by atoms with Gasteiger partial charge in [0.15, 0.2) is 17.0 Å². The van der Waals surface area contributed by atoms with Crippen LogP contribution in [0.4, 0.5) is 5.69 Å². The molecule has 1 aromatic carbocycles. The van der Waals surface area contributed by atoms with Gasteiger partial charge in [0.2, 0.25) is 5.91 Å². The first-order chi connectivity index (χ1) is 16.2. The lowest BCUT2D eigenvalue weighted by Crippen LogP contribution is -2.37. The third kappa shape index (κ3) is 4.16. The predicted molar refractivity (Wildman–Crippen MR) is 127 cm³/mol. The molecule has 0 aliphatic heterocycles. The molecule has 3 aromatic heterocycles. The summed E-state index contributed by atoms with van der Waals surface area (Å²) < 4.78 is 9.48. The molecule has 0 radical (unpaired) electrons. The van der Waals surface area contributed by atoms with Crippen LogP contribution >= 0.6 is 0 Å². The average Bonchev–Trinajstić information content (AvgIpc) is 3.45. The number of carbonyl (C=O) groups excluding carboxylic acids is 1. The van der Waals surface area contributed by atoms with Crippen LogP contribution in [-0.2, 0) is 25.4 Å². The molecule has 0 bridgehead atoms. The summed E-state index contributed by atoms with van der Waals surface area (Å²) in [6.07, 6.45) is 2.22. The van der Waals surface area contributed by atoms with Crippen molar-refractivity contribution >= 4 is 22.8 Å². The van der Waals surface area contributed by atoms with E-state index in [9.17, 15) is 14.4 Å². The third-order valence-electron chi connectivity index (χ3n) is 5.75. The number of benzene rings is 1. The van der Waals surface area contributed by atoms with Crippen molar-refractivity contribution in [2.24, 2.45) is 14.1 Å². The highest BCUT2D eigenvalue weighted by Gasteiger charge is 2.18. The molecule has 0 spiro atoms. The molecular formula is C23H27N7O4. The maximum absolute atomic E-state index is 12.8. The molecule has 0 atom stereocenters. The Bertz CT molecular complexity index is 1490. The fraction of sp³-hybridized carbons (Fsp3) is 0.391. The topological polar surface area (TPSA) is 130 Å². The number of imidazole rings is 1. The number of amides is 1. The maximum atomic E-state index is 12.8. The zero-order valence-corrected chi connectivity index (χ0v) is 19.8. The van der Waals surface area contributed by atoms with Crippen LogP contribution in [0.5, 0.6) is 0 Å². The first kappa shape index (κ1) is 23.1. The average molecular weight is 466 g/mol. The minimum atomic E-state index is -0.432. The number of nitrogens with one attached hydrogen (secondary N) is 1. The number of fused-ring (bicyclic) bond motifs is 1. The quantitative estimate of drug-likeness (QED) is 0.443. The Morgan fingerprint density at radius 3 is 2.65 bits per heavy atom. The zero-order valence-electron chi connectivity index (χ0n) is 19.8. The summed E-state index contributed by atoms with van der Waals surface area (Å²) in [5.74, 6) is 0.904. The molecule has 0 aliphatic carbocycles. The van der Waals surface area contributed by atoms with Gasteiger partial charge in [0.05, 0.1) is 17.6 Å². The van der Waals surface area contributed by atoms with E-state index < -0.39 is 11.2 Å². The largest absolute Gasteiger partial charge is 0.334 e. The minimum Gasteiger partial charge on any atom is -0.334 e. The molecule has 34 heavy (non-hydrogen) atoms. The second kappa shape index (κ2) is 9.08. The highest BCUT2D eigenvalue weighted by molar-refractivity contribution is 5.95. The van der Waals surface area contributed by atoms with Gasteiger partial charge in [-0.1, -0.05) is 31.1 Å². The number of rotatable bonds is 7. The van der Waals surface area contributed by atoms with Crippen LogP contribution in [0.1, 0.15) is 44.0 Å². The first-order valence-corrected chi connectivity index (χ1v) is 11.0. The number of carbonyl (C=O) groups is 1. The summed E-state index contributed by atoms with van der Waals surface area (Å²) in [7, 11) is 3.00. The molecule has 3 heterocycles. The van der Waals surface area contributed by atoms with Crippen molar-refractivity contribution in [3.63, 3.8) is 0 Å². The van der Waals surface area contributed by atoms with E-state index in [4.69, 9.17) is 4.52 Å². The van der Waals surface area contributed by atoms with Crippen molar-refractivity contribution in [3.8, 4) is 11.5 Å². The molecule has 4 aromatic rings. The Labute approximate surface area is 195 Å². The van der Waals surface area contributed by atoms with E-state index in [0.29, 0.717) is 47.1 Å². The second-order valence-corrected chi connectivity index (χ2v) is 8.58. The van der Waals surface area contributed by atoms with Crippen LogP contribution < -0.4 is 16.6 Å². The van der Waals surface area contributed by atoms with Gasteiger partial charge in [-0.05, 0) is 25.0 Å². The van der Waals surface area contributed by atoms with Crippen LogP contribution in [0.25, 0.3) is 22.6 Å². The SMILES string of the molecule is Cc1cccc(-c2nc(C(C)C)no2)c1NC(=O)CCCn1cnc2c1c(=O)n(C)c(=O)n2C. The normalized spacial score (nSPS) is 11.5. The number of nitrogens with zero attached hydrogens (tertiary/aromatic N) is 6. The van der Waals surface area contributed by atoms with Crippen LogP contribution in [-0.4, -0.2) is 34.7 Å². The van der Waals surface area contributed by atoms with E-state index in [1.54, 1.807) is 11.6 Å². The van der Waals surface area contributed by atoms with E-state index in [2.05, 4.69) is 20.4 Å². The lowest BCUT2D eigenvalue weighted by Gasteiger charge is -2.12. The van der Waals surface area contributed by atoms with Crippen LogP contribution in [0.15, 0.2) is 38.6 Å². The number of anilines is 1. The Kier molecular flexibility index (Phi) is 6.18. The smallest absolute Gasteiger partial charge is 0.332 e. The van der Waals surface area contributed by atoms with Crippen LogP contribution in [0, 0.1) is 6.92 Å². The summed E-state index contributed by atoms with van der Waals surface area (Å²) in [5, 5.41) is 6.98. The van der Waals surface area contributed by atoms with Gasteiger partial charge < -0.3 is 14.4 Å². The molecule has 1 amide bonds. The fourth-order valence-electron chi connectivity index (χ4n) is 3.77. The highest BCUT2D eigenvalue weighted by Crippen LogP contribution is 2.30. The Hall–Kier alpha value is -4.02. The molecule has 0 aliphatic rings. The van der Waals surface area contributed by atoms with Crippen LogP contribution in [0.2, 0.25) is 0 Å². The van der Waals surface area contributed by atoms with Crippen molar-refractivity contribution in [1.82, 2.24) is 28.8 Å². The number of aryl methyl sites for hydroxylation is 3. The summed E-state index contributed by atoms with van der Waals surface area (Å²) in [6.45, 7) is 6.26. The summed E-state index contributed by atoms with van der Waals surface area (Å²) in [5.41, 5.74) is 1.98. The Balaban J connectivity index is 1.49. The Morgan fingerprint density at radius 1 is 1.18 bits per heavy atom. The maximum Gasteiger partial charge on any atom is 0.332 e. The van der Waals surface area contributed by atoms with Gasteiger partial charge in [0, 0.05) is 33.0 Å². The molecule has 11 heteroatoms. The van der Waals surface area contributed by atoms with Crippen molar-refractivity contribution in [2.75, 3.05) is 5.32 Å². The molecule has 0 fully saturated rings. The van der Waals surface area contributed by atoms with Crippen molar-refractivity contribution in [2.45, 2.75) is 46.1 Å². The van der Waals surface area contributed by atoms with Crippen LogP contribution in [0.3, 0.4) is 0 Å². The third-order valence-corrected chi connectivity index (χ3v) is 5.75. The zero-order chi connectivity index (χ0) is 24.6. The molecular weight excluding hydrogens is 438 g/mol. The second-order valence-electron chi connectivity index (χ2n) is 8.58. The molecule has 0 saturated heterocycles.